The summed E-state index contributed by atoms with van der Waals surface area (Å²) in [5, 5.41) is 1.90. The smallest absolute Gasteiger partial charge is 0.144 e. The number of rotatable bonds is 4. The summed E-state index contributed by atoms with van der Waals surface area (Å²) in [6.45, 7) is 5.23. The zero-order chi connectivity index (χ0) is 26.7. The summed E-state index contributed by atoms with van der Waals surface area (Å²) < 4.78 is 47.6. The molecule has 0 aliphatic heterocycles. The molecular weight excluding hydrogens is 390 g/mol. The van der Waals surface area contributed by atoms with Gasteiger partial charge in [-0.1, -0.05) is 50.2 Å². The van der Waals surface area contributed by atoms with Gasteiger partial charge in [-0.3, -0.25) is 4.98 Å². The lowest BCUT2D eigenvalue weighted by Crippen LogP contribution is -1.99. The molecule has 2 heteroatoms. The lowest BCUT2D eigenvalue weighted by molar-refractivity contribution is 0.644. The second-order valence-electron chi connectivity index (χ2n) is 8.68. The number of fused-ring (bicyclic) bond motifs is 3. The maximum absolute atomic E-state index is 8.66. The number of benzene rings is 3. The Labute approximate surface area is 197 Å². The Hall–Kier alpha value is -3.39. The van der Waals surface area contributed by atoms with Crippen molar-refractivity contribution in [1.82, 2.24) is 4.98 Å². The summed E-state index contributed by atoms with van der Waals surface area (Å²) in [6.07, 6.45) is -0.554. The van der Waals surface area contributed by atoms with E-state index >= 15 is 0 Å². The Morgan fingerprint density at radius 2 is 1.72 bits per heavy atom. The summed E-state index contributed by atoms with van der Waals surface area (Å²) >= 11 is 0. The van der Waals surface area contributed by atoms with Gasteiger partial charge < -0.3 is 4.42 Å². The van der Waals surface area contributed by atoms with E-state index < -0.39 is 19.1 Å². The van der Waals surface area contributed by atoms with Crippen LogP contribution in [0.2, 0.25) is 0 Å². The van der Waals surface area contributed by atoms with Crippen molar-refractivity contribution in [3.63, 3.8) is 0 Å². The number of aryl methyl sites for hydroxylation is 3. The Kier molecular flexibility index (Phi) is 3.83. The van der Waals surface area contributed by atoms with Gasteiger partial charge in [0.2, 0.25) is 0 Å². The number of aromatic nitrogens is 1. The van der Waals surface area contributed by atoms with Crippen LogP contribution in [0.15, 0.2) is 71.3 Å². The van der Waals surface area contributed by atoms with Gasteiger partial charge in [-0.2, -0.15) is 0 Å². The third-order valence-electron chi connectivity index (χ3n) is 5.89. The number of hydrogen-bond donors (Lipinski definition) is 0. The molecule has 0 radical (unpaired) electrons. The summed E-state index contributed by atoms with van der Waals surface area (Å²) in [5.41, 5.74) is 7.29. The first-order valence-corrected chi connectivity index (χ1v) is 10.9. The van der Waals surface area contributed by atoms with E-state index in [2.05, 4.69) is 55.2 Å². The van der Waals surface area contributed by atoms with Gasteiger partial charge in [0, 0.05) is 29.4 Å². The molecule has 5 aromatic rings. The van der Waals surface area contributed by atoms with Crippen LogP contribution in [0.25, 0.3) is 44.3 Å². The summed E-state index contributed by atoms with van der Waals surface area (Å²) in [6, 6.07) is 19.9. The molecule has 2 aromatic heterocycles. The van der Waals surface area contributed by atoms with Crippen LogP contribution in [0.5, 0.6) is 0 Å². The second kappa shape index (κ2) is 7.94. The van der Waals surface area contributed by atoms with E-state index in [-0.39, 0.29) is 11.1 Å². The van der Waals surface area contributed by atoms with Gasteiger partial charge in [0.05, 0.1) is 5.69 Å². The fourth-order valence-corrected chi connectivity index (χ4v) is 4.46. The highest BCUT2D eigenvalue weighted by Gasteiger charge is 2.15. The van der Waals surface area contributed by atoms with Gasteiger partial charge in [0.15, 0.2) is 0 Å². The second-order valence-corrected chi connectivity index (χ2v) is 8.68. The average Bonchev–Trinajstić information content (AvgIpc) is 3.21. The van der Waals surface area contributed by atoms with Crippen LogP contribution in [0.3, 0.4) is 0 Å². The molecular formula is C30H29NO. The molecule has 3 aromatic carbocycles. The molecule has 32 heavy (non-hydrogen) atoms. The predicted octanol–water partition coefficient (Wildman–Crippen LogP) is 8.44. The Morgan fingerprint density at radius 1 is 0.938 bits per heavy atom. The molecule has 0 unspecified atom stereocenters. The minimum absolute atomic E-state index is 0.0648. The average molecular weight is 425 g/mol. The first-order valence-electron chi connectivity index (χ1n) is 13.4. The third-order valence-corrected chi connectivity index (χ3v) is 5.89. The van der Waals surface area contributed by atoms with Gasteiger partial charge in [-0.15, -0.1) is 0 Å². The topological polar surface area (TPSA) is 26.0 Å². The van der Waals surface area contributed by atoms with Gasteiger partial charge in [0.1, 0.15) is 11.2 Å². The zero-order valence-electron chi connectivity index (χ0n) is 23.8. The van der Waals surface area contributed by atoms with Gasteiger partial charge in [0.25, 0.3) is 0 Å². The van der Waals surface area contributed by atoms with E-state index in [1.807, 2.05) is 18.2 Å². The van der Waals surface area contributed by atoms with Crippen LogP contribution >= 0.6 is 0 Å². The molecule has 0 saturated heterocycles. The monoisotopic (exact) mass is 424 g/mol. The molecule has 0 amide bonds. The van der Waals surface area contributed by atoms with E-state index in [9.17, 15) is 0 Å². The van der Waals surface area contributed by atoms with Crippen LogP contribution in [0.1, 0.15) is 43.0 Å². The fraction of sp³-hybridized carbons (Fsp3) is 0.233. The maximum atomic E-state index is 8.66. The molecule has 0 atom stereocenters. The lowest BCUT2D eigenvalue weighted by Gasteiger charge is -2.10. The molecule has 0 bridgehead atoms. The fourth-order valence-electron chi connectivity index (χ4n) is 4.46. The summed E-state index contributed by atoms with van der Waals surface area (Å²) in [5.74, 6) is -0.422. The van der Waals surface area contributed by atoms with Crippen molar-refractivity contribution in [3.05, 3.63) is 89.1 Å². The molecule has 160 valence electrons. The largest absolute Gasteiger partial charge is 0.455 e. The standard InChI is InChI=1S/C30H29NO/c1-18(2)14-23-15-27(31-17-21(23)5)26-11-7-10-25-24-13-12-22(16-28(24)32-30(25)26)29-19(3)8-6-9-20(29)4/h6-13,15-18H,14H2,1-5H3/i5D3,14D2. The van der Waals surface area contributed by atoms with Crippen molar-refractivity contribution >= 4 is 21.9 Å². The molecule has 0 saturated carbocycles. The van der Waals surface area contributed by atoms with Gasteiger partial charge in [-0.25, -0.2) is 0 Å². The Morgan fingerprint density at radius 3 is 2.47 bits per heavy atom. The first-order chi connectivity index (χ1) is 17.4. The van der Waals surface area contributed by atoms with Crippen LogP contribution in [-0.4, -0.2) is 4.98 Å². The molecule has 5 rings (SSSR count). The minimum atomic E-state index is -2.47. The quantitative estimate of drug-likeness (QED) is 0.289. The number of pyridine rings is 1. The van der Waals surface area contributed by atoms with Crippen molar-refractivity contribution in [3.8, 4) is 22.4 Å². The van der Waals surface area contributed by atoms with E-state index in [4.69, 9.17) is 11.3 Å². The zero-order valence-corrected chi connectivity index (χ0v) is 18.8. The highest BCUT2D eigenvalue weighted by molar-refractivity contribution is 6.10. The molecule has 0 aliphatic carbocycles. The van der Waals surface area contributed by atoms with Crippen LogP contribution < -0.4 is 0 Å². The van der Waals surface area contributed by atoms with Gasteiger partial charge >= 0.3 is 0 Å². The molecule has 0 spiro atoms. The summed E-state index contributed by atoms with van der Waals surface area (Å²) in [7, 11) is 0. The maximum Gasteiger partial charge on any atom is 0.144 e. The summed E-state index contributed by atoms with van der Waals surface area (Å²) in [4.78, 5) is 4.47. The number of para-hydroxylation sites is 1. The SMILES string of the molecule is [2H]C([2H])([2H])c1cnc(-c2cccc3c2oc2cc(-c4c(C)cccc4C)ccc23)cc1C([2H])([2H])C(C)C. The highest BCUT2D eigenvalue weighted by atomic mass is 16.3. The van der Waals surface area contributed by atoms with E-state index in [1.54, 1.807) is 19.9 Å². The molecule has 2 nitrogen and oxygen atoms in total. The Balaban J connectivity index is 1.72. The van der Waals surface area contributed by atoms with E-state index in [1.165, 1.54) is 22.9 Å². The third kappa shape index (κ3) is 3.50. The number of furan rings is 1. The molecule has 0 fully saturated rings. The molecule has 0 aliphatic rings. The van der Waals surface area contributed by atoms with Crippen LogP contribution in [-0.2, 0) is 6.37 Å². The van der Waals surface area contributed by atoms with Gasteiger partial charge in [-0.05, 0) is 90.6 Å². The minimum Gasteiger partial charge on any atom is -0.455 e. The lowest BCUT2D eigenvalue weighted by atomic mass is 9.95. The van der Waals surface area contributed by atoms with E-state index in [0.29, 0.717) is 16.8 Å². The van der Waals surface area contributed by atoms with Crippen LogP contribution in [0.4, 0.5) is 0 Å². The van der Waals surface area contributed by atoms with Crippen LogP contribution in [0, 0.1) is 26.6 Å². The Bertz CT molecular complexity index is 1630. The first kappa shape index (κ1) is 15.4. The van der Waals surface area contributed by atoms with Crippen molar-refractivity contribution in [2.24, 2.45) is 5.92 Å². The number of nitrogens with zero attached hydrogens (tertiary/aromatic N) is 1. The van der Waals surface area contributed by atoms with Crippen molar-refractivity contribution in [2.45, 2.75) is 40.9 Å². The normalized spacial score (nSPS) is 14.8. The highest BCUT2D eigenvalue weighted by Crippen LogP contribution is 2.38. The molecule has 2 heterocycles. The van der Waals surface area contributed by atoms with Crippen molar-refractivity contribution in [1.29, 1.82) is 0 Å². The van der Waals surface area contributed by atoms with Crippen molar-refractivity contribution < 1.29 is 11.3 Å². The predicted molar refractivity (Wildman–Crippen MR) is 135 cm³/mol. The number of hydrogen-bond acceptors (Lipinski definition) is 2. The van der Waals surface area contributed by atoms with E-state index in [0.717, 1.165) is 21.9 Å². The molecule has 0 N–H and O–H groups in total. The van der Waals surface area contributed by atoms with Crippen molar-refractivity contribution in [2.75, 3.05) is 0 Å².